The summed E-state index contributed by atoms with van der Waals surface area (Å²) in [5, 5.41) is 0. The van der Waals surface area contributed by atoms with Gasteiger partial charge >= 0.3 is 0 Å². The third-order valence-corrected chi connectivity index (χ3v) is 2.92. The van der Waals surface area contributed by atoms with Crippen LogP contribution in [0.5, 0.6) is 0 Å². The molecule has 0 aliphatic heterocycles. The Morgan fingerprint density at radius 3 is 2.86 bits per heavy atom. The van der Waals surface area contributed by atoms with Crippen LogP contribution in [0.25, 0.3) is 6.08 Å². The van der Waals surface area contributed by atoms with Gasteiger partial charge in [-0.05, 0) is 47.0 Å². The Kier molecular flexibility index (Phi) is 5.64. The summed E-state index contributed by atoms with van der Waals surface area (Å²) in [7, 11) is 0. The molecule has 0 radical (unpaired) electrons. The van der Waals surface area contributed by atoms with E-state index in [0.717, 1.165) is 9.26 Å². The molecule has 0 saturated heterocycles. The van der Waals surface area contributed by atoms with Crippen LogP contribution in [0, 0.1) is 3.57 Å². The van der Waals surface area contributed by atoms with Crippen molar-refractivity contribution in [3.8, 4) is 0 Å². The van der Waals surface area contributed by atoms with Gasteiger partial charge in [-0.1, -0.05) is 18.2 Å². The maximum absolute atomic E-state index is 4.90. The van der Waals surface area contributed by atoms with E-state index < -0.39 is 0 Å². The van der Waals surface area contributed by atoms with Crippen molar-refractivity contribution in [2.45, 2.75) is 0 Å². The molecule has 0 fully saturated rings. The highest BCUT2D eigenvalue weighted by Gasteiger charge is 1.96. The molecular weight excluding hydrogens is 404 g/mol. The molecule has 2 nitrogen and oxygen atoms in total. The van der Waals surface area contributed by atoms with E-state index >= 15 is 0 Å². The van der Waals surface area contributed by atoms with E-state index in [4.69, 9.17) is 3.07 Å². The maximum atomic E-state index is 4.90. The summed E-state index contributed by atoms with van der Waals surface area (Å²) >= 11 is 4.15. The minimum absolute atomic E-state index is 0.623. The van der Waals surface area contributed by atoms with Gasteiger partial charge in [0.05, 0.1) is 12.3 Å². The summed E-state index contributed by atoms with van der Waals surface area (Å²) in [5.74, 6) is 0. The van der Waals surface area contributed by atoms with Crippen LogP contribution in [0.3, 0.4) is 0 Å². The van der Waals surface area contributed by atoms with Crippen molar-refractivity contribution in [3.05, 3.63) is 33.4 Å². The van der Waals surface area contributed by atoms with E-state index in [1.54, 1.807) is 0 Å². The first kappa shape index (κ1) is 12.1. The van der Waals surface area contributed by atoms with Gasteiger partial charge in [-0.25, -0.2) is 0 Å². The van der Waals surface area contributed by atoms with Crippen LogP contribution >= 0.6 is 45.6 Å². The molecule has 0 spiro atoms. The van der Waals surface area contributed by atoms with Crippen molar-refractivity contribution >= 4 is 64.1 Å². The van der Waals surface area contributed by atoms with Crippen molar-refractivity contribution in [1.29, 1.82) is 0 Å². The van der Waals surface area contributed by atoms with E-state index in [1.807, 2.05) is 53.4 Å². The summed E-state index contributed by atoms with van der Waals surface area (Å²) in [4.78, 5) is 3.86. The van der Waals surface area contributed by atoms with Crippen molar-refractivity contribution in [3.63, 3.8) is 0 Å². The third-order valence-electron chi connectivity index (χ3n) is 1.62. The molecule has 0 unspecified atom stereocenters. The van der Waals surface area contributed by atoms with Crippen LogP contribution in [-0.2, 0) is 3.07 Å². The molecule has 14 heavy (non-hydrogen) atoms. The molecule has 0 amide bonds. The first-order valence-corrected chi connectivity index (χ1v) is 5.90. The van der Waals surface area contributed by atoms with Crippen LogP contribution in [0.4, 0.5) is 5.69 Å². The standard InChI is InChI=1S/C10H9I2NO/c1-13-9-5-4-8(10(11)7-9)3-2-6-14-12/h2-5,7H,1,6H2/b3-2+. The number of benzene rings is 1. The van der Waals surface area contributed by atoms with E-state index in [0.29, 0.717) is 6.61 Å². The third kappa shape index (κ3) is 3.66. The van der Waals surface area contributed by atoms with Gasteiger partial charge in [0.15, 0.2) is 0 Å². The zero-order chi connectivity index (χ0) is 10.4. The summed E-state index contributed by atoms with van der Waals surface area (Å²) in [5.41, 5.74) is 2.07. The number of nitrogens with zero attached hydrogens (tertiary/aromatic N) is 1. The lowest BCUT2D eigenvalue weighted by atomic mass is 10.2. The molecule has 0 aliphatic rings. The summed E-state index contributed by atoms with van der Waals surface area (Å²) < 4.78 is 6.06. The summed E-state index contributed by atoms with van der Waals surface area (Å²) in [6.07, 6.45) is 4.01. The zero-order valence-electron chi connectivity index (χ0n) is 7.41. The fourth-order valence-electron chi connectivity index (χ4n) is 0.961. The van der Waals surface area contributed by atoms with Gasteiger partial charge < -0.3 is 3.07 Å². The predicted molar refractivity (Wildman–Crippen MR) is 77.4 cm³/mol. The number of rotatable bonds is 4. The highest BCUT2D eigenvalue weighted by atomic mass is 127. The molecule has 0 bridgehead atoms. The van der Waals surface area contributed by atoms with Gasteiger partial charge in [0, 0.05) is 3.57 Å². The predicted octanol–water partition coefficient (Wildman–Crippen LogP) is 4.00. The molecule has 0 aliphatic carbocycles. The number of aliphatic imine (C=N–C) groups is 1. The van der Waals surface area contributed by atoms with Crippen molar-refractivity contribution in [2.24, 2.45) is 4.99 Å². The van der Waals surface area contributed by atoms with Crippen LogP contribution in [0.2, 0.25) is 0 Å². The summed E-state index contributed by atoms with van der Waals surface area (Å²) in [6.45, 7) is 4.11. The summed E-state index contributed by atoms with van der Waals surface area (Å²) in [6, 6.07) is 5.97. The maximum Gasteiger partial charge on any atom is 0.110 e. The topological polar surface area (TPSA) is 21.6 Å². The molecule has 1 aromatic rings. The fraction of sp³-hybridized carbons (Fsp3) is 0.100. The highest BCUT2D eigenvalue weighted by molar-refractivity contribution is 14.1. The average Bonchev–Trinajstić information content (AvgIpc) is 2.20. The lowest BCUT2D eigenvalue weighted by Crippen LogP contribution is -1.80. The van der Waals surface area contributed by atoms with Crippen LogP contribution in [0.15, 0.2) is 29.3 Å². The first-order valence-electron chi connectivity index (χ1n) is 3.94. The molecule has 0 atom stereocenters. The minimum atomic E-state index is 0.623. The normalized spacial score (nSPS) is 10.7. The fourth-order valence-corrected chi connectivity index (χ4v) is 1.85. The monoisotopic (exact) mass is 413 g/mol. The largest absolute Gasteiger partial charge is 0.312 e. The minimum Gasteiger partial charge on any atom is -0.312 e. The van der Waals surface area contributed by atoms with E-state index in [-0.39, 0.29) is 0 Å². The Morgan fingerprint density at radius 2 is 2.29 bits per heavy atom. The van der Waals surface area contributed by atoms with Gasteiger partial charge in [0.1, 0.15) is 23.0 Å². The Balaban J connectivity index is 2.83. The van der Waals surface area contributed by atoms with E-state index in [9.17, 15) is 0 Å². The second-order valence-corrected chi connectivity index (χ2v) is 4.33. The molecule has 74 valence electrons. The molecule has 0 heterocycles. The van der Waals surface area contributed by atoms with Crippen molar-refractivity contribution in [1.82, 2.24) is 0 Å². The SMILES string of the molecule is C=Nc1ccc(/C=C/COI)c(I)c1. The molecular formula is C10H9I2NO. The Morgan fingerprint density at radius 1 is 1.50 bits per heavy atom. The Hall–Kier alpha value is 0.0500. The Bertz CT molecular complexity index is 350. The first-order chi connectivity index (χ1) is 6.77. The molecule has 4 heteroatoms. The number of hydrogen-bond acceptors (Lipinski definition) is 2. The second kappa shape index (κ2) is 6.52. The molecule has 0 aromatic heterocycles. The van der Waals surface area contributed by atoms with Crippen LogP contribution in [0.1, 0.15) is 5.56 Å². The number of halogens is 2. The average molecular weight is 413 g/mol. The molecule has 1 aromatic carbocycles. The van der Waals surface area contributed by atoms with Crippen molar-refractivity contribution in [2.75, 3.05) is 6.61 Å². The van der Waals surface area contributed by atoms with Gasteiger partial charge in [0.2, 0.25) is 0 Å². The van der Waals surface area contributed by atoms with Crippen LogP contribution in [-0.4, -0.2) is 13.3 Å². The van der Waals surface area contributed by atoms with Crippen LogP contribution < -0.4 is 0 Å². The molecule has 0 saturated carbocycles. The smallest absolute Gasteiger partial charge is 0.110 e. The van der Waals surface area contributed by atoms with Gasteiger partial charge in [-0.3, -0.25) is 4.99 Å². The van der Waals surface area contributed by atoms with Gasteiger partial charge in [0.25, 0.3) is 0 Å². The second-order valence-electron chi connectivity index (χ2n) is 2.54. The quantitative estimate of drug-likeness (QED) is 0.541. The van der Waals surface area contributed by atoms with Crippen molar-refractivity contribution < 1.29 is 3.07 Å². The van der Waals surface area contributed by atoms with Gasteiger partial charge in [-0.2, -0.15) is 0 Å². The lowest BCUT2D eigenvalue weighted by Gasteiger charge is -1.99. The lowest BCUT2D eigenvalue weighted by molar-refractivity contribution is 0.490. The Labute approximate surface area is 111 Å². The molecule has 0 N–H and O–H groups in total. The van der Waals surface area contributed by atoms with Gasteiger partial charge in [-0.15, -0.1) is 0 Å². The number of hydrogen-bond donors (Lipinski definition) is 0. The molecule has 1 rings (SSSR count). The zero-order valence-corrected chi connectivity index (χ0v) is 11.7. The van der Waals surface area contributed by atoms with E-state index in [2.05, 4.69) is 34.3 Å². The van der Waals surface area contributed by atoms with E-state index in [1.165, 1.54) is 5.56 Å². The highest BCUT2D eigenvalue weighted by Crippen LogP contribution is 2.20.